The summed E-state index contributed by atoms with van der Waals surface area (Å²) in [4.78, 5) is 109. The number of rotatable bonds is 39. The molecule has 0 aromatic carbocycles. The average molecular weight is 1200 g/mol. The lowest BCUT2D eigenvalue weighted by atomic mass is 9.97. The Hall–Kier alpha value is -5.22. The lowest BCUT2D eigenvalue weighted by Crippen LogP contribution is -2.55. The van der Waals surface area contributed by atoms with Gasteiger partial charge in [0.2, 0.25) is 29.5 Å². The number of nitrogens with one attached hydrogen (secondary N) is 8. The van der Waals surface area contributed by atoms with Gasteiger partial charge in [0.1, 0.15) is 50.2 Å². The first-order chi connectivity index (χ1) is 37.4. The van der Waals surface area contributed by atoms with Crippen LogP contribution in [0.2, 0.25) is 4.34 Å². The largest absolute Gasteiger partial charge is 0.390 e. The summed E-state index contributed by atoms with van der Waals surface area (Å²) < 4.78 is 24.6. The SMILES string of the molecule is Cc1c(N)nc([C@H](CC(N)=O)NC[C@H](N)C(N)=O)nc1C(=O)N[C@@H](CCS(C)=O)C(=O)N[C@H](C)[C@@H](O)[C@H](C)C(=O)N[C@@H](CCS(C)=O)C(=O)NCCc1nc(-c2nc(C(=O)NCCCNCCCCNCCCN)cs2)c(Cl)s1. The zero-order valence-corrected chi connectivity index (χ0v) is 49.2. The van der Waals surface area contributed by atoms with Crippen LogP contribution in [0.3, 0.4) is 0 Å². The van der Waals surface area contributed by atoms with E-state index < -0.39 is 106 Å². The summed E-state index contributed by atoms with van der Waals surface area (Å²) in [6, 6.07) is -5.89. The first kappa shape index (κ1) is 68.1. The highest BCUT2D eigenvalue weighted by molar-refractivity contribution is 7.84. The van der Waals surface area contributed by atoms with Crippen molar-refractivity contribution >= 4 is 103 Å². The van der Waals surface area contributed by atoms with Crippen LogP contribution in [0.1, 0.15) is 102 Å². The molecule has 2 unspecified atom stereocenters. The number of nitrogens with two attached hydrogens (primary N) is 5. The third-order valence-electron chi connectivity index (χ3n) is 12.1. The van der Waals surface area contributed by atoms with Crippen LogP contribution in [0.15, 0.2) is 5.38 Å². The van der Waals surface area contributed by atoms with E-state index in [1.165, 1.54) is 56.0 Å². The fraction of sp³-hybridized carbons (Fsp3) is 0.638. The number of aliphatic hydroxyl groups excluding tert-OH is 1. The van der Waals surface area contributed by atoms with Gasteiger partial charge < -0.3 is 76.3 Å². The molecule has 3 heterocycles. The maximum atomic E-state index is 13.8. The number of aromatic nitrogens is 4. The number of hydrogen-bond donors (Lipinski definition) is 14. The van der Waals surface area contributed by atoms with Crippen LogP contribution in [-0.2, 0) is 52.0 Å². The molecule has 0 saturated heterocycles. The van der Waals surface area contributed by atoms with E-state index in [1.807, 2.05) is 0 Å². The normalized spacial score (nSPS) is 14.8. The van der Waals surface area contributed by atoms with Gasteiger partial charge in [0.25, 0.3) is 11.8 Å². The predicted octanol–water partition coefficient (Wildman–Crippen LogP) is -2.67. The fourth-order valence-corrected chi connectivity index (χ4v) is 10.6. The maximum absolute atomic E-state index is 13.8. The van der Waals surface area contributed by atoms with Crippen LogP contribution < -0.4 is 71.2 Å². The Morgan fingerprint density at radius 2 is 1.39 bits per heavy atom. The Kier molecular flexibility index (Phi) is 30.6. The second kappa shape index (κ2) is 35.5. The first-order valence-corrected chi connectivity index (χ1v) is 31.1. The van der Waals surface area contributed by atoms with E-state index in [0.29, 0.717) is 33.1 Å². The van der Waals surface area contributed by atoms with Crippen molar-refractivity contribution in [1.82, 2.24) is 62.5 Å². The molecule has 32 heteroatoms. The van der Waals surface area contributed by atoms with Gasteiger partial charge in [0.15, 0.2) is 0 Å². The molecule has 0 fully saturated rings. The number of carbonyl (C=O) groups excluding carboxylic acids is 7. The number of thiazole rings is 2. The van der Waals surface area contributed by atoms with E-state index >= 15 is 0 Å². The number of nitrogens with zero attached hydrogens (tertiary/aromatic N) is 4. The minimum atomic E-state index is -1.55. The zero-order chi connectivity index (χ0) is 58.8. The quantitative estimate of drug-likeness (QED) is 0.0259. The molecule has 0 radical (unpaired) electrons. The number of halogens is 1. The number of carbonyl (C=O) groups is 7. The average Bonchev–Trinajstić information content (AvgIpc) is 4.05. The van der Waals surface area contributed by atoms with Crippen molar-refractivity contribution in [1.29, 1.82) is 0 Å². The Bertz CT molecular complexity index is 2560. The van der Waals surface area contributed by atoms with Crippen molar-refractivity contribution in [2.24, 2.45) is 28.9 Å². The van der Waals surface area contributed by atoms with Crippen LogP contribution in [0, 0.1) is 12.8 Å². The summed E-state index contributed by atoms with van der Waals surface area (Å²) in [6.45, 7) is 8.81. The van der Waals surface area contributed by atoms with Crippen LogP contribution >= 0.6 is 34.3 Å². The lowest BCUT2D eigenvalue weighted by Gasteiger charge is -2.28. The summed E-state index contributed by atoms with van der Waals surface area (Å²) in [5, 5.41) is 37.0. The Morgan fingerprint density at radius 3 is 2.00 bits per heavy atom. The number of primary amides is 2. The highest BCUT2D eigenvalue weighted by atomic mass is 35.5. The molecule has 0 aliphatic rings. The number of amides is 7. The van der Waals surface area contributed by atoms with Crippen molar-refractivity contribution in [3.05, 3.63) is 37.5 Å². The van der Waals surface area contributed by atoms with Gasteiger partial charge in [-0.25, -0.2) is 19.9 Å². The molecule has 3 rings (SSSR count). The van der Waals surface area contributed by atoms with Crippen molar-refractivity contribution in [2.45, 2.75) is 108 Å². The van der Waals surface area contributed by atoms with Crippen molar-refractivity contribution < 1.29 is 47.1 Å². The lowest BCUT2D eigenvalue weighted by molar-refractivity contribution is -0.134. The van der Waals surface area contributed by atoms with E-state index in [2.05, 4.69) is 62.5 Å². The molecular weight excluding hydrogens is 1130 g/mol. The molecule has 0 aliphatic heterocycles. The van der Waals surface area contributed by atoms with Crippen LogP contribution in [0.4, 0.5) is 5.82 Å². The van der Waals surface area contributed by atoms with E-state index in [4.69, 9.17) is 40.3 Å². The van der Waals surface area contributed by atoms with Gasteiger partial charge in [0.05, 0.1) is 35.2 Å². The molecule has 3 aromatic rings. The smallest absolute Gasteiger partial charge is 0.271 e. The second-order valence-electron chi connectivity index (χ2n) is 18.6. The minimum absolute atomic E-state index is 0.0145. The van der Waals surface area contributed by atoms with E-state index in [9.17, 15) is 47.1 Å². The third kappa shape index (κ3) is 24.2. The minimum Gasteiger partial charge on any atom is -0.390 e. The number of unbranched alkanes of at least 4 members (excludes halogenated alkanes) is 1. The number of nitrogen functional groups attached to an aromatic ring is 1. The topological polar surface area (TPSA) is 452 Å². The molecule has 79 heavy (non-hydrogen) atoms. The van der Waals surface area contributed by atoms with E-state index in [1.54, 1.807) is 5.38 Å². The first-order valence-electron chi connectivity index (χ1n) is 25.6. The van der Waals surface area contributed by atoms with Crippen molar-refractivity contribution in [3.8, 4) is 10.7 Å². The van der Waals surface area contributed by atoms with Gasteiger partial charge in [-0.1, -0.05) is 18.5 Å². The van der Waals surface area contributed by atoms with E-state index in [-0.39, 0.29) is 78.4 Å². The number of aliphatic hydroxyl groups is 1. The molecule has 0 aliphatic carbocycles. The summed E-state index contributed by atoms with van der Waals surface area (Å²) in [7, 11) is -2.76. The molecule has 0 spiro atoms. The van der Waals surface area contributed by atoms with Gasteiger partial charge in [-0.05, 0) is 85.1 Å². The highest BCUT2D eigenvalue weighted by Gasteiger charge is 2.34. The third-order valence-corrected chi connectivity index (χ3v) is 15.9. The Morgan fingerprint density at radius 1 is 0.772 bits per heavy atom. The molecule has 442 valence electrons. The Balaban J connectivity index is 1.59. The van der Waals surface area contributed by atoms with Gasteiger partial charge in [-0.2, -0.15) is 0 Å². The number of hydrogen-bond acceptors (Lipinski definition) is 22. The van der Waals surface area contributed by atoms with Gasteiger partial charge in [0, 0.05) is 89.0 Å². The standard InChI is InChI=1S/C47H78ClN17O10S4/c1-25-35(64-41(65-39(25)52)31(22-33(51)66)58-23-28(50)40(53)68)46(73)61-30(12-21-79(5)75)45(72)59-27(3)37(67)26(2)42(69)60-29(11-20-78(4)74)43(70)57-19-10-34-63-36(38(48)77-34)47-62-32(24-76-47)44(71)56-18-9-17-55-15-7-6-14-54-16-8-13-49/h24,26-31,37,54-55,58,67H,6-23,49-50H2,1-5H3,(H2,51,66)(H2,53,68)(H,56,71)(H,57,70)(H,59,72)(H,60,69)(H,61,73)(H2,52,64,65)/t26-,27+,28-,29-,30-,31-,37-,78?,79?/m0/s1. The second-order valence-corrected chi connectivity index (χ2v) is 24.3. The molecule has 27 nitrogen and oxygen atoms in total. The maximum Gasteiger partial charge on any atom is 0.271 e. The monoisotopic (exact) mass is 1200 g/mol. The summed E-state index contributed by atoms with van der Waals surface area (Å²) >= 11 is 8.97. The number of anilines is 1. The van der Waals surface area contributed by atoms with Crippen LogP contribution in [0.25, 0.3) is 10.7 Å². The molecule has 3 aromatic heterocycles. The molecule has 7 amide bonds. The summed E-state index contributed by atoms with van der Waals surface area (Å²) in [6.07, 6.45) is 4.83. The van der Waals surface area contributed by atoms with Crippen molar-refractivity contribution in [3.63, 3.8) is 0 Å². The van der Waals surface area contributed by atoms with Crippen LogP contribution in [-0.4, -0.2) is 181 Å². The van der Waals surface area contributed by atoms with E-state index in [0.717, 1.165) is 51.9 Å². The molecule has 0 bridgehead atoms. The van der Waals surface area contributed by atoms with Crippen LogP contribution in [0.5, 0.6) is 0 Å². The predicted molar refractivity (Wildman–Crippen MR) is 307 cm³/mol. The Labute approximate surface area is 477 Å². The van der Waals surface area contributed by atoms with Crippen molar-refractivity contribution in [2.75, 3.05) is 82.1 Å². The molecular formula is C47H78ClN17O10S4. The van der Waals surface area contributed by atoms with Gasteiger partial charge >= 0.3 is 0 Å². The summed E-state index contributed by atoms with van der Waals surface area (Å²) in [5.41, 5.74) is 28.5. The zero-order valence-electron chi connectivity index (χ0n) is 45.2. The molecule has 19 N–H and O–H groups in total. The van der Waals surface area contributed by atoms with Gasteiger partial charge in [-0.3, -0.25) is 42.0 Å². The summed E-state index contributed by atoms with van der Waals surface area (Å²) in [5.74, 6) is -6.55. The highest BCUT2D eigenvalue weighted by Crippen LogP contribution is 2.34. The van der Waals surface area contributed by atoms with Gasteiger partial charge in [-0.15, -0.1) is 22.7 Å². The fourth-order valence-electron chi connectivity index (χ4n) is 7.36. The molecule has 0 saturated carbocycles. The molecule has 9 atom stereocenters.